The third kappa shape index (κ3) is 3.15. The van der Waals surface area contributed by atoms with Crippen LogP contribution in [0.1, 0.15) is 29.5 Å². The summed E-state index contributed by atoms with van der Waals surface area (Å²) in [5, 5.41) is 5.31. The van der Waals surface area contributed by atoms with Crippen molar-refractivity contribution in [2.24, 2.45) is 0 Å². The summed E-state index contributed by atoms with van der Waals surface area (Å²) in [6, 6.07) is 6.14. The average molecular weight is 409 g/mol. The predicted octanol–water partition coefficient (Wildman–Crippen LogP) is 3.52. The third-order valence-corrected chi connectivity index (χ3v) is 5.31. The first-order chi connectivity index (χ1) is 14.2. The number of fused-ring (bicyclic) bond motifs is 1. The number of aromatic nitrogens is 6. The van der Waals surface area contributed by atoms with Crippen molar-refractivity contribution in [2.45, 2.75) is 18.3 Å². The maximum Gasteiger partial charge on any atom is 0.319 e. The van der Waals surface area contributed by atoms with Gasteiger partial charge in [0.15, 0.2) is 5.65 Å². The summed E-state index contributed by atoms with van der Waals surface area (Å²) >= 11 is 5.98. The minimum absolute atomic E-state index is 0.241. The SMILES string of the molecule is COc1ncc(-c2cc(C3C[C@@H]3c3ccc(Cl)cn3)c3nccn3n2)c(OC)n1. The van der Waals surface area contributed by atoms with E-state index in [1.165, 1.54) is 7.11 Å². The average Bonchev–Trinajstić information content (AvgIpc) is 3.41. The first-order valence-electron chi connectivity index (χ1n) is 9.09. The number of imidazole rings is 1. The Hall–Kier alpha value is -3.26. The van der Waals surface area contributed by atoms with Gasteiger partial charge < -0.3 is 9.47 Å². The number of rotatable bonds is 5. The fourth-order valence-electron chi connectivity index (χ4n) is 3.60. The Kier molecular flexibility index (Phi) is 4.28. The minimum atomic E-state index is 0.241. The molecule has 0 bridgehead atoms. The second kappa shape index (κ2) is 6.97. The highest BCUT2D eigenvalue weighted by Gasteiger charge is 2.42. The summed E-state index contributed by atoms with van der Waals surface area (Å²) in [6.07, 6.45) is 7.92. The zero-order valence-electron chi connectivity index (χ0n) is 15.8. The number of methoxy groups -OCH3 is 2. The van der Waals surface area contributed by atoms with Crippen molar-refractivity contribution < 1.29 is 9.47 Å². The van der Waals surface area contributed by atoms with Crippen LogP contribution in [-0.2, 0) is 0 Å². The van der Waals surface area contributed by atoms with Crippen LogP contribution < -0.4 is 9.47 Å². The molecule has 4 heterocycles. The van der Waals surface area contributed by atoms with Gasteiger partial charge in [0.2, 0.25) is 5.88 Å². The lowest BCUT2D eigenvalue weighted by atomic mass is 10.1. The molecule has 9 heteroatoms. The molecule has 5 rings (SSSR count). The van der Waals surface area contributed by atoms with Gasteiger partial charge in [0, 0.05) is 42.0 Å². The number of hydrogen-bond donors (Lipinski definition) is 0. The van der Waals surface area contributed by atoms with Crippen molar-refractivity contribution in [3.8, 4) is 23.1 Å². The van der Waals surface area contributed by atoms with Gasteiger partial charge in [0.25, 0.3) is 0 Å². The minimum Gasteiger partial charge on any atom is -0.480 e. The Morgan fingerprint density at radius 3 is 2.72 bits per heavy atom. The maximum absolute atomic E-state index is 5.98. The van der Waals surface area contributed by atoms with Gasteiger partial charge in [-0.1, -0.05) is 11.6 Å². The first kappa shape index (κ1) is 17.8. The second-order valence-corrected chi connectivity index (χ2v) is 7.25. The topological polar surface area (TPSA) is 87.3 Å². The molecule has 0 aliphatic heterocycles. The van der Waals surface area contributed by atoms with E-state index < -0.39 is 0 Å². The van der Waals surface area contributed by atoms with Crippen molar-refractivity contribution in [3.05, 3.63) is 59.3 Å². The van der Waals surface area contributed by atoms with Gasteiger partial charge in [-0.25, -0.2) is 14.5 Å². The van der Waals surface area contributed by atoms with Crippen LogP contribution in [0.25, 0.3) is 16.9 Å². The summed E-state index contributed by atoms with van der Waals surface area (Å²) in [5.41, 5.74) is 4.38. The van der Waals surface area contributed by atoms with E-state index in [0.717, 1.165) is 23.3 Å². The summed E-state index contributed by atoms with van der Waals surface area (Å²) in [6.45, 7) is 0. The lowest BCUT2D eigenvalue weighted by Crippen LogP contribution is -2.02. The molecule has 1 saturated carbocycles. The highest BCUT2D eigenvalue weighted by atomic mass is 35.5. The fraction of sp³-hybridized carbons (Fsp3) is 0.250. The number of pyridine rings is 1. The van der Waals surface area contributed by atoms with E-state index in [1.54, 1.807) is 30.2 Å². The molecule has 4 aromatic rings. The zero-order valence-corrected chi connectivity index (χ0v) is 16.5. The van der Waals surface area contributed by atoms with Crippen LogP contribution in [0.4, 0.5) is 0 Å². The normalized spacial score (nSPS) is 18.0. The Morgan fingerprint density at radius 1 is 1.07 bits per heavy atom. The lowest BCUT2D eigenvalue weighted by Gasteiger charge is -2.10. The Bertz CT molecular complexity index is 1190. The monoisotopic (exact) mass is 408 g/mol. The van der Waals surface area contributed by atoms with E-state index in [4.69, 9.17) is 21.1 Å². The van der Waals surface area contributed by atoms with Crippen LogP contribution in [0.15, 0.2) is 43.0 Å². The number of nitrogens with zero attached hydrogens (tertiary/aromatic N) is 6. The molecule has 1 unspecified atom stereocenters. The van der Waals surface area contributed by atoms with Crippen molar-refractivity contribution >= 4 is 17.2 Å². The molecule has 4 aromatic heterocycles. The molecule has 1 aliphatic carbocycles. The van der Waals surface area contributed by atoms with Crippen molar-refractivity contribution in [2.75, 3.05) is 14.2 Å². The molecule has 0 amide bonds. The molecule has 1 aliphatic rings. The lowest BCUT2D eigenvalue weighted by molar-refractivity contribution is 0.353. The molecule has 0 saturated heterocycles. The van der Waals surface area contributed by atoms with Crippen LogP contribution in [0, 0.1) is 0 Å². The number of ether oxygens (including phenoxy) is 2. The Balaban J connectivity index is 1.58. The number of halogens is 1. The quantitative estimate of drug-likeness (QED) is 0.499. The van der Waals surface area contributed by atoms with Crippen LogP contribution in [0.5, 0.6) is 11.9 Å². The largest absolute Gasteiger partial charge is 0.480 e. The van der Waals surface area contributed by atoms with Crippen LogP contribution in [-0.4, -0.2) is 43.8 Å². The Morgan fingerprint density at radius 2 is 1.97 bits per heavy atom. The van der Waals surface area contributed by atoms with Gasteiger partial charge in [-0.3, -0.25) is 4.98 Å². The van der Waals surface area contributed by atoms with Gasteiger partial charge in [0.05, 0.1) is 30.5 Å². The summed E-state index contributed by atoms with van der Waals surface area (Å²) in [7, 11) is 3.07. The Labute approximate surface area is 171 Å². The standard InChI is InChI=1S/C20H17ClN6O2/c1-28-19-15(10-24-20(25-19)29-2)17-8-14(18-22-5-6-27(18)26-17)12-7-13(12)16-4-3-11(21)9-23-16/h3-6,8-10,12-13H,7H2,1-2H3/t12?,13-/m0/s1. The summed E-state index contributed by atoms with van der Waals surface area (Å²) < 4.78 is 12.3. The second-order valence-electron chi connectivity index (χ2n) is 6.81. The van der Waals surface area contributed by atoms with Crippen molar-refractivity contribution in [1.29, 1.82) is 0 Å². The van der Waals surface area contributed by atoms with Gasteiger partial charge in [0.1, 0.15) is 0 Å². The highest BCUT2D eigenvalue weighted by molar-refractivity contribution is 6.30. The first-order valence-corrected chi connectivity index (χ1v) is 9.47. The zero-order chi connectivity index (χ0) is 20.0. The van der Waals surface area contributed by atoms with E-state index in [9.17, 15) is 0 Å². The van der Waals surface area contributed by atoms with Crippen LogP contribution in [0.3, 0.4) is 0 Å². The van der Waals surface area contributed by atoms with Crippen LogP contribution in [0.2, 0.25) is 5.02 Å². The van der Waals surface area contributed by atoms with Crippen LogP contribution >= 0.6 is 11.6 Å². The highest BCUT2D eigenvalue weighted by Crippen LogP contribution is 2.55. The smallest absolute Gasteiger partial charge is 0.319 e. The molecule has 8 nitrogen and oxygen atoms in total. The number of hydrogen-bond acceptors (Lipinski definition) is 7. The van der Waals surface area contributed by atoms with E-state index in [-0.39, 0.29) is 6.01 Å². The molecule has 1 fully saturated rings. The predicted molar refractivity (Wildman–Crippen MR) is 106 cm³/mol. The molecule has 0 spiro atoms. The third-order valence-electron chi connectivity index (χ3n) is 5.09. The molecule has 0 radical (unpaired) electrons. The van der Waals surface area contributed by atoms with Gasteiger partial charge >= 0.3 is 6.01 Å². The van der Waals surface area contributed by atoms with E-state index in [0.29, 0.717) is 34.0 Å². The van der Waals surface area contributed by atoms with E-state index >= 15 is 0 Å². The fourth-order valence-corrected chi connectivity index (χ4v) is 3.71. The molecule has 146 valence electrons. The molecule has 0 aromatic carbocycles. The van der Waals surface area contributed by atoms with Gasteiger partial charge in [-0.15, -0.1) is 0 Å². The summed E-state index contributed by atoms with van der Waals surface area (Å²) in [4.78, 5) is 17.5. The van der Waals surface area contributed by atoms with E-state index in [1.807, 2.05) is 24.4 Å². The summed E-state index contributed by atoms with van der Waals surface area (Å²) in [5.74, 6) is 1.04. The molecule has 2 atom stereocenters. The van der Waals surface area contributed by atoms with E-state index in [2.05, 4.69) is 25.0 Å². The molecule has 29 heavy (non-hydrogen) atoms. The van der Waals surface area contributed by atoms with Crippen molar-refractivity contribution in [1.82, 2.24) is 29.5 Å². The molecule has 0 N–H and O–H groups in total. The molecular weight excluding hydrogens is 392 g/mol. The van der Waals surface area contributed by atoms with Gasteiger partial charge in [-0.05, 0) is 30.5 Å². The molecular formula is C20H17ClN6O2. The maximum atomic E-state index is 5.98. The van der Waals surface area contributed by atoms with Gasteiger partial charge in [-0.2, -0.15) is 10.1 Å². The van der Waals surface area contributed by atoms with Crippen molar-refractivity contribution in [3.63, 3.8) is 0 Å².